The van der Waals surface area contributed by atoms with Crippen molar-refractivity contribution in [2.45, 2.75) is 114 Å². The van der Waals surface area contributed by atoms with Gasteiger partial charge in [0.15, 0.2) is 12.3 Å². The van der Waals surface area contributed by atoms with Crippen molar-refractivity contribution in [1.29, 1.82) is 0 Å². The second-order valence-corrected chi connectivity index (χ2v) is 10.2. The Morgan fingerprint density at radius 2 is 1.30 bits per heavy atom. The Balaban J connectivity index is 1.50. The Bertz CT molecular complexity index is 801. The Morgan fingerprint density at radius 3 is 1.73 bits per heavy atom. The van der Waals surface area contributed by atoms with Crippen molar-refractivity contribution in [3.05, 3.63) is 33.8 Å². The summed E-state index contributed by atoms with van der Waals surface area (Å²) in [6, 6.07) is 6.57. The maximum atomic E-state index is 13.5. The minimum Gasteiger partial charge on any atom is -0.460 e. The van der Waals surface area contributed by atoms with E-state index < -0.39 is 24.3 Å². The summed E-state index contributed by atoms with van der Waals surface area (Å²) in [5.41, 5.74) is 2.53. The fraction of sp³-hybridized carbons (Fsp3) is 0.692. The number of rotatable bonds is 8. The third-order valence-corrected chi connectivity index (χ3v) is 7.76. The number of halogens is 3. The fourth-order valence-electron chi connectivity index (χ4n) is 4.94. The third-order valence-electron chi connectivity index (χ3n) is 7.08. The summed E-state index contributed by atoms with van der Waals surface area (Å²) >= 11 is 3.76. The van der Waals surface area contributed by atoms with E-state index in [-0.39, 0.29) is 25.0 Å². The molecule has 0 aromatic heterocycles. The summed E-state index contributed by atoms with van der Waals surface area (Å²) in [6.45, 7) is 3.28. The molecule has 3 rings (SSSR count). The van der Waals surface area contributed by atoms with Crippen LogP contribution in [-0.2, 0) is 19.1 Å². The van der Waals surface area contributed by atoms with Crippen molar-refractivity contribution in [3.63, 3.8) is 0 Å². The average Bonchev–Trinajstić information content (AvgIpc) is 2.83. The van der Waals surface area contributed by atoms with Crippen LogP contribution in [0.4, 0.5) is 8.78 Å². The Labute approximate surface area is 203 Å². The first-order chi connectivity index (χ1) is 15.8. The molecule has 2 aliphatic rings. The van der Waals surface area contributed by atoms with Crippen molar-refractivity contribution in [2.75, 3.05) is 0 Å². The van der Waals surface area contributed by atoms with Gasteiger partial charge in [0.1, 0.15) is 12.2 Å². The average molecular weight is 529 g/mol. The normalized spacial score (nSPS) is 27.4. The van der Waals surface area contributed by atoms with Gasteiger partial charge in [-0.2, -0.15) is 0 Å². The zero-order valence-corrected chi connectivity index (χ0v) is 21.1. The van der Waals surface area contributed by atoms with E-state index in [4.69, 9.17) is 9.47 Å². The molecule has 0 saturated heterocycles. The van der Waals surface area contributed by atoms with Gasteiger partial charge in [-0.05, 0) is 93.2 Å². The quantitative estimate of drug-likeness (QED) is 0.338. The van der Waals surface area contributed by atoms with Gasteiger partial charge in [0, 0.05) is 4.47 Å². The van der Waals surface area contributed by atoms with E-state index in [0.717, 1.165) is 55.8 Å². The Hall–Kier alpha value is -1.50. The highest BCUT2D eigenvalue weighted by molar-refractivity contribution is 9.10. The molecular weight excluding hydrogens is 494 g/mol. The molecule has 7 heteroatoms. The zero-order chi connectivity index (χ0) is 24.0. The van der Waals surface area contributed by atoms with Crippen LogP contribution in [0, 0.1) is 0 Å². The van der Waals surface area contributed by atoms with Crippen molar-refractivity contribution in [1.82, 2.24) is 0 Å². The molecule has 0 aliphatic heterocycles. The molecular formula is C26H35BrF2O4. The van der Waals surface area contributed by atoms with E-state index in [0.29, 0.717) is 11.8 Å². The van der Waals surface area contributed by atoms with E-state index in [9.17, 15) is 18.4 Å². The van der Waals surface area contributed by atoms with Crippen molar-refractivity contribution in [2.24, 2.45) is 0 Å². The van der Waals surface area contributed by atoms with Crippen molar-refractivity contribution < 1.29 is 27.8 Å². The lowest BCUT2D eigenvalue weighted by Gasteiger charge is -2.31. The number of carbonyl (C=O) groups is 2. The standard InChI is InChI=1S/C26H35BrF2O4/c1-3-23(28)25(30)32-19-10-5-16(6-11-19)18-9-14-21(22(27)15-18)17-7-12-20(13-8-17)33-26(31)24(29)4-2/h9,14-17,19-20,23-24H,3-8,10-13H2,1-2H3. The van der Waals surface area contributed by atoms with Gasteiger partial charge in [0.2, 0.25) is 0 Å². The highest BCUT2D eigenvalue weighted by Crippen LogP contribution is 2.40. The van der Waals surface area contributed by atoms with Crippen LogP contribution in [-0.4, -0.2) is 36.5 Å². The zero-order valence-electron chi connectivity index (χ0n) is 19.5. The maximum Gasteiger partial charge on any atom is 0.340 e. The van der Waals surface area contributed by atoms with E-state index in [1.165, 1.54) is 11.1 Å². The van der Waals surface area contributed by atoms with Crippen LogP contribution in [0.25, 0.3) is 0 Å². The first-order valence-corrected chi connectivity index (χ1v) is 13.1. The SMILES string of the molecule is CCC(F)C(=O)OC1CCC(c2ccc(C3CCC(OC(=O)C(F)CC)CC3)c(Br)c2)CC1. The van der Waals surface area contributed by atoms with E-state index in [2.05, 4.69) is 34.1 Å². The summed E-state index contributed by atoms with van der Waals surface area (Å²) in [7, 11) is 0. The molecule has 0 radical (unpaired) electrons. The van der Waals surface area contributed by atoms with Crippen LogP contribution in [0.15, 0.2) is 22.7 Å². The van der Waals surface area contributed by atoms with E-state index in [1.807, 2.05) is 0 Å². The van der Waals surface area contributed by atoms with Crippen molar-refractivity contribution >= 4 is 27.9 Å². The lowest BCUT2D eigenvalue weighted by Crippen LogP contribution is -2.28. The van der Waals surface area contributed by atoms with Gasteiger partial charge in [0.25, 0.3) is 0 Å². The van der Waals surface area contributed by atoms with E-state index in [1.54, 1.807) is 13.8 Å². The molecule has 0 N–H and O–H groups in total. The minimum absolute atomic E-state index is 0.150. The van der Waals surface area contributed by atoms with Gasteiger partial charge in [-0.1, -0.05) is 41.9 Å². The van der Waals surface area contributed by atoms with Crippen molar-refractivity contribution in [3.8, 4) is 0 Å². The van der Waals surface area contributed by atoms with Crippen LogP contribution in [0.1, 0.15) is 101 Å². The second kappa shape index (κ2) is 12.3. The van der Waals surface area contributed by atoms with Gasteiger partial charge >= 0.3 is 11.9 Å². The molecule has 33 heavy (non-hydrogen) atoms. The first kappa shape index (κ1) is 26.1. The topological polar surface area (TPSA) is 52.6 Å². The molecule has 2 saturated carbocycles. The molecule has 2 aliphatic carbocycles. The van der Waals surface area contributed by atoms with Gasteiger partial charge < -0.3 is 9.47 Å². The molecule has 4 nitrogen and oxygen atoms in total. The molecule has 0 bridgehead atoms. The summed E-state index contributed by atoms with van der Waals surface area (Å²) < 4.78 is 38.7. The molecule has 2 fully saturated rings. The monoisotopic (exact) mass is 528 g/mol. The highest BCUT2D eigenvalue weighted by atomic mass is 79.9. The molecule has 0 amide bonds. The molecule has 2 unspecified atom stereocenters. The van der Waals surface area contributed by atoms with Gasteiger partial charge in [-0.15, -0.1) is 0 Å². The number of benzene rings is 1. The molecule has 2 atom stereocenters. The second-order valence-electron chi connectivity index (χ2n) is 9.35. The lowest BCUT2D eigenvalue weighted by atomic mass is 9.80. The fourth-order valence-corrected chi connectivity index (χ4v) is 5.66. The number of hydrogen-bond donors (Lipinski definition) is 0. The molecule has 0 spiro atoms. The number of alkyl halides is 2. The predicted octanol–water partition coefficient (Wildman–Crippen LogP) is 7.08. The predicted molar refractivity (Wildman–Crippen MR) is 127 cm³/mol. The number of hydrogen-bond acceptors (Lipinski definition) is 4. The molecule has 0 heterocycles. The smallest absolute Gasteiger partial charge is 0.340 e. The van der Waals surface area contributed by atoms with Crippen LogP contribution in [0.2, 0.25) is 0 Å². The molecule has 1 aromatic rings. The third kappa shape index (κ3) is 7.00. The number of carbonyl (C=O) groups excluding carboxylic acids is 2. The number of ether oxygens (including phenoxy) is 2. The molecule has 1 aromatic carbocycles. The summed E-state index contributed by atoms with van der Waals surface area (Å²) in [4.78, 5) is 23.4. The minimum atomic E-state index is -1.52. The maximum absolute atomic E-state index is 13.5. The molecule has 184 valence electrons. The van der Waals surface area contributed by atoms with Gasteiger partial charge in [-0.25, -0.2) is 18.4 Å². The largest absolute Gasteiger partial charge is 0.460 e. The van der Waals surface area contributed by atoms with Crippen LogP contribution >= 0.6 is 15.9 Å². The highest BCUT2D eigenvalue weighted by Gasteiger charge is 2.30. The summed E-state index contributed by atoms with van der Waals surface area (Å²) in [5, 5.41) is 0. The number of esters is 2. The van der Waals surface area contributed by atoms with Crippen LogP contribution in [0.3, 0.4) is 0 Å². The van der Waals surface area contributed by atoms with Crippen LogP contribution in [0.5, 0.6) is 0 Å². The van der Waals surface area contributed by atoms with Crippen LogP contribution < -0.4 is 0 Å². The summed E-state index contributed by atoms with van der Waals surface area (Å²) in [5.74, 6) is -0.670. The first-order valence-electron chi connectivity index (χ1n) is 12.3. The Morgan fingerprint density at radius 1 is 0.848 bits per heavy atom. The van der Waals surface area contributed by atoms with Gasteiger partial charge in [0.05, 0.1) is 0 Å². The summed E-state index contributed by atoms with van der Waals surface area (Å²) in [6.07, 6.45) is 3.53. The Kier molecular flexibility index (Phi) is 9.71. The van der Waals surface area contributed by atoms with Gasteiger partial charge in [-0.3, -0.25) is 0 Å². The lowest BCUT2D eigenvalue weighted by molar-refractivity contribution is -0.157. The van der Waals surface area contributed by atoms with E-state index >= 15 is 0 Å².